The van der Waals surface area contributed by atoms with Gasteiger partial charge >= 0.3 is 0 Å². The smallest absolute Gasteiger partial charge is 0.234 e. The van der Waals surface area contributed by atoms with E-state index >= 15 is 0 Å². The third kappa shape index (κ3) is 3.85. The van der Waals surface area contributed by atoms with Gasteiger partial charge in [-0.25, -0.2) is 0 Å². The molecule has 1 heterocycles. The van der Waals surface area contributed by atoms with Crippen LogP contribution in [0.15, 0.2) is 18.2 Å². The molecule has 3 amide bonds. The largest absolute Gasteiger partial charge is 0.330 e. The van der Waals surface area contributed by atoms with Crippen LogP contribution in [0.4, 0.5) is 11.4 Å². The van der Waals surface area contributed by atoms with Crippen LogP contribution in [-0.4, -0.2) is 24.3 Å². The summed E-state index contributed by atoms with van der Waals surface area (Å²) in [5, 5.41) is 2.93. The quantitative estimate of drug-likeness (QED) is 0.801. The monoisotopic (exact) mass is 365 g/mol. The number of rotatable bonds is 4. The van der Waals surface area contributed by atoms with E-state index in [-0.39, 0.29) is 54.8 Å². The molecule has 0 spiro atoms. The average Bonchev–Trinajstić information content (AvgIpc) is 3.16. The molecule has 25 heavy (non-hydrogen) atoms. The Hall–Kier alpha value is -1.92. The summed E-state index contributed by atoms with van der Waals surface area (Å²) in [4.78, 5) is 37.7. The molecule has 1 aliphatic heterocycles. The van der Waals surface area contributed by atoms with Gasteiger partial charge in [-0.3, -0.25) is 19.3 Å². The Balaban J connectivity index is 0.00000225. The van der Waals surface area contributed by atoms with Crippen LogP contribution in [0.25, 0.3) is 0 Å². The zero-order valence-corrected chi connectivity index (χ0v) is 15.1. The van der Waals surface area contributed by atoms with Crippen molar-refractivity contribution < 1.29 is 14.4 Å². The van der Waals surface area contributed by atoms with Crippen molar-refractivity contribution in [2.24, 2.45) is 17.6 Å². The lowest BCUT2D eigenvalue weighted by Crippen LogP contribution is -2.31. The van der Waals surface area contributed by atoms with Gasteiger partial charge in [0.05, 0.1) is 5.69 Å². The molecule has 1 aliphatic carbocycles. The SMILES string of the molecule is Cc1ccc(NC(=O)[C@@H]2CCC[C@@H]2CN)cc1N1C(=O)CCC1=O.Cl. The molecule has 2 aliphatic rings. The van der Waals surface area contributed by atoms with E-state index in [4.69, 9.17) is 5.73 Å². The molecule has 0 bridgehead atoms. The molecule has 2 atom stereocenters. The van der Waals surface area contributed by atoms with Crippen molar-refractivity contribution in [1.82, 2.24) is 0 Å². The van der Waals surface area contributed by atoms with Crippen LogP contribution in [0.1, 0.15) is 37.7 Å². The number of carbonyl (C=O) groups excluding carboxylic acids is 3. The number of carbonyl (C=O) groups is 3. The predicted octanol–water partition coefficient (Wildman–Crippen LogP) is 2.38. The van der Waals surface area contributed by atoms with Crippen LogP contribution < -0.4 is 16.0 Å². The molecule has 0 unspecified atom stereocenters. The number of anilines is 2. The van der Waals surface area contributed by atoms with Crippen molar-refractivity contribution in [3.63, 3.8) is 0 Å². The van der Waals surface area contributed by atoms with Gasteiger partial charge in [0.15, 0.2) is 0 Å². The van der Waals surface area contributed by atoms with Gasteiger partial charge < -0.3 is 11.1 Å². The Morgan fingerprint density at radius 1 is 1.24 bits per heavy atom. The molecule has 3 N–H and O–H groups in total. The zero-order valence-electron chi connectivity index (χ0n) is 14.3. The zero-order chi connectivity index (χ0) is 17.3. The van der Waals surface area contributed by atoms with Crippen LogP contribution in [-0.2, 0) is 14.4 Å². The van der Waals surface area contributed by atoms with Crippen molar-refractivity contribution in [2.45, 2.75) is 39.0 Å². The first-order chi connectivity index (χ1) is 11.5. The maximum absolute atomic E-state index is 12.5. The van der Waals surface area contributed by atoms with Gasteiger partial charge in [0.2, 0.25) is 17.7 Å². The second-order valence-corrected chi connectivity index (χ2v) is 6.65. The predicted molar refractivity (Wildman–Crippen MR) is 98.7 cm³/mol. The van der Waals surface area contributed by atoms with E-state index in [0.717, 1.165) is 24.8 Å². The molecule has 0 aromatic heterocycles. The van der Waals surface area contributed by atoms with Gasteiger partial charge in [-0.2, -0.15) is 0 Å². The summed E-state index contributed by atoms with van der Waals surface area (Å²) < 4.78 is 0. The lowest BCUT2D eigenvalue weighted by molar-refractivity contribution is -0.122. The standard InChI is InChI=1S/C18H23N3O3.ClH/c1-11-5-6-13(9-15(11)21-16(22)7-8-17(21)23)20-18(24)14-4-2-3-12(14)10-19;/h5-6,9,12,14H,2-4,7-8,10,19H2,1H3,(H,20,24);1H/t12-,14-;/m1./s1. The van der Waals surface area contributed by atoms with Crippen LogP contribution >= 0.6 is 12.4 Å². The molecule has 7 heteroatoms. The number of hydrogen-bond acceptors (Lipinski definition) is 4. The van der Waals surface area contributed by atoms with E-state index in [2.05, 4.69) is 5.32 Å². The Bertz CT molecular complexity index is 676. The number of nitrogens with zero attached hydrogens (tertiary/aromatic N) is 1. The molecular weight excluding hydrogens is 342 g/mol. The van der Waals surface area contributed by atoms with Gasteiger partial charge in [0, 0.05) is 24.4 Å². The number of imide groups is 1. The minimum absolute atomic E-state index is 0. The fourth-order valence-corrected chi connectivity index (χ4v) is 3.67. The van der Waals surface area contributed by atoms with Crippen LogP contribution in [0.2, 0.25) is 0 Å². The van der Waals surface area contributed by atoms with Gasteiger partial charge in [0.1, 0.15) is 0 Å². The van der Waals surface area contributed by atoms with Crippen LogP contribution in [0, 0.1) is 18.8 Å². The maximum atomic E-state index is 12.5. The number of aryl methyl sites for hydroxylation is 1. The fraction of sp³-hybridized carbons (Fsp3) is 0.500. The summed E-state index contributed by atoms with van der Waals surface area (Å²) in [7, 11) is 0. The fourth-order valence-electron chi connectivity index (χ4n) is 3.67. The summed E-state index contributed by atoms with van der Waals surface area (Å²) >= 11 is 0. The van der Waals surface area contributed by atoms with Crippen molar-refractivity contribution in [1.29, 1.82) is 0 Å². The summed E-state index contributed by atoms with van der Waals surface area (Å²) in [6.45, 7) is 2.37. The molecule has 1 aromatic carbocycles. The second kappa shape index (κ2) is 7.97. The molecule has 1 saturated carbocycles. The first kappa shape index (κ1) is 19.4. The third-order valence-electron chi connectivity index (χ3n) is 5.07. The molecule has 3 rings (SSSR count). The molecule has 2 fully saturated rings. The number of hydrogen-bond donors (Lipinski definition) is 2. The third-order valence-corrected chi connectivity index (χ3v) is 5.07. The minimum atomic E-state index is -0.189. The van der Waals surface area contributed by atoms with E-state index in [1.807, 2.05) is 13.0 Å². The second-order valence-electron chi connectivity index (χ2n) is 6.65. The normalized spacial score (nSPS) is 22.9. The lowest BCUT2D eigenvalue weighted by Gasteiger charge is -2.20. The first-order valence-electron chi connectivity index (χ1n) is 8.48. The summed E-state index contributed by atoms with van der Waals surface area (Å²) in [6, 6.07) is 5.33. The minimum Gasteiger partial charge on any atom is -0.330 e. The Morgan fingerprint density at radius 2 is 1.92 bits per heavy atom. The van der Waals surface area contributed by atoms with Crippen molar-refractivity contribution >= 4 is 41.5 Å². The summed E-state index contributed by atoms with van der Waals surface area (Å²) in [6.07, 6.45) is 3.36. The number of benzene rings is 1. The maximum Gasteiger partial charge on any atom is 0.234 e. The topological polar surface area (TPSA) is 92.5 Å². The summed E-state index contributed by atoms with van der Waals surface area (Å²) in [5.41, 5.74) is 7.75. The van der Waals surface area contributed by atoms with Gasteiger partial charge in [0.25, 0.3) is 0 Å². The molecule has 1 aromatic rings. The number of halogens is 1. The van der Waals surface area contributed by atoms with E-state index in [9.17, 15) is 14.4 Å². The van der Waals surface area contributed by atoms with Gasteiger partial charge in [-0.1, -0.05) is 12.5 Å². The molecular formula is C18H24ClN3O3. The Morgan fingerprint density at radius 3 is 2.56 bits per heavy atom. The van der Waals surface area contributed by atoms with Crippen molar-refractivity contribution in [3.8, 4) is 0 Å². The highest BCUT2D eigenvalue weighted by atomic mass is 35.5. The average molecular weight is 366 g/mol. The van der Waals surface area contributed by atoms with Crippen LogP contribution in [0.3, 0.4) is 0 Å². The Labute approximate surface area is 153 Å². The van der Waals surface area contributed by atoms with Gasteiger partial charge in [-0.15, -0.1) is 12.4 Å². The first-order valence-corrected chi connectivity index (χ1v) is 8.48. The van der Waals surface area contributed by atoms with Crippen molar-refractivity contribution in [2.75, 3.05) is 16.8 Å². The Kier molecular flexibility index (Phi) is 6.19. The van der Waals surface area contributed by atoms with Gasteiger partial charge in [-0.05, 0) is 49.9 Å². The highest BCUT2D eigenvalue weighted by Crippen LogP contribution is 2.33. The number of nitrogens with one attached hydrogen (secondary N) is 1. The van der Waals surface area contributed by atoms with E-state index < -0.39 is 0 Å². The van der Waals surface area contributed by atoms with E-state index in [1.165, 1.54) is 4.90 Å². The van der Waals surface area contributed by atoms with Crippen molar-refractivity contribution in [3.05, 3.63) is 23.8 Å². The highest BCUT2D eigenvalue weighted by Gasteiger charge is 2.33. The van der Waals surface area contributed by atoms with Crippen LogP contribution in [0.5, 0.6) is 0 Å². The summed E-state index contributed by atoms with van der Waals surface area (Å²) in [5.74, 6) is -0.237. The van der Waals surface area contributed by atoms with E-state index in [1.54, 1.807) is 12.1 Å². The lowest BCUT2D eigenvalue weighted by atomic mass is 9.95. The highest BCUT2D eigenvalue weighted by molar-refractivity contribution is 6.20. The molecule has 1 saturated heterocycles. The molecule has 136 valence electrons. The molecule has 6 nitrogen and oxygen atoms in total. The molecule has 0 radical (unpaired) electrons. The number of amides is 3. The van der Waals surface area contributed by atoms with E-state index in [0.29, 0.717) is 17.9 Å². The number of nitrogens with two attached hydrogens (primary N) is 1.